The van der Waals surface area contributed by atoms with Gasteiger partial charge >= 0.3 is 0 Å². The summed E-state index contributed by atoms with van der Waals surface area (Å²) in [6.45, 7) is 0. The van der Waals surface area contributed by atoms with E-state index in [2.05, 4.69) is 139 Å². The van der Waals surface area contributed by atoms with Crippen LogP contribution in [0.15, 0.2) is 292 Å². The van der Waals surface area contributed by atoms with Crippen molar-refractivity contribution in [3.05, 3.63) is 292 Å². The molecule has 12 rings (SSSR count). The van der Waals surface area contributed by atoms with Crippen LogP contribution >= 0.6 is 0 Å². The molecule has 350 valence electrons. The predicted octanol–water partition coefficient (Wildman–Crippen LogP) is 16.4. The van der Waals surface area contributed by atoms with Gasteiger partial charge < -0.3 is 0 Å². The Morgan fingerprint density at radius 1 is 0.151 bits per heavy atom. The van der Waals surface area contributed by atoms with E-state index in [4.69, 9.17) is 0 Å². The van der Waals surface area contributed by atoms with Gasteiger partial charge in [0.2, 0.25) is 0 Å². The quantitative estimate of drug-likeness (QED) is 0.143. The summed E-state index contributed by atoms with van der Waals surface area (Å²) in [7, 11) is 0. The van der Waals surface area contributed by atoms with Crippen LogP contribution in [-0.4, -0.2) is 29.9 Å². The van der Waals surface area contributed by atoms with Crippen LogP contribution in [-0.2, 0) is 19.8 Å². The summed E-state index contributed by atoms with van der Waals surface area (Å²) in [5.74, 6) is 0. The molecule has 0 spiro atoms. The first-order valence-electron chi connectivity index (χ1n) is 23.8. The Morgan fingerprint density at radius 3 is 0.425 bits per heavy atom. The van der Waals surface area contributed by atoms with Gasteiger partial charge in [-0.3, -0.25) is 29.9 Å². The van der Waals surface area contributed by atoms with Gasteiger partial charge in [-0.05, 0) is 140 Å². The van der Waals surface area contributed by atoms with Gasteiger partial charge in [0, 0.05) is 57.0 Å². The summed E-state index contributed by atoms with van der Waals surface area (Å²) in [6, 6.07) is 86.6. The molecule has 0 amide bonds. The van der Waals surface area contributed by atoms with E-state index in [1.165, 1.54) is 33.4 Å². The second-order valence-corrected chi connectivity index (χ2v) is 16.8. The third-order valence-corrected chi connectivity index (χ3v) is 12.0. The molecule has 0 aliphatic carbocycles. The van der Waals surface area contributed by atoms with E-state index in [0.29, 0.717) is 0 Å². The fourth-order valence-electron chi connectivity index (χ4n) is 8.28. The average molecular weight is 1120 g/mol. The molecule has 6 nitrogen and oxygen atoms in total. The largest absolute Gasteiger partial charge is 0.255 e. The Hall–Kier alpha value is -9.14. The Bertz CT molecular complexity index is 2990. The van der Waals surface area contributed by atoms with Gasteiger partial charge in [0.15, 0.2) is 0 Å². The second kappa shape index (κ2) is 24.6. The van der Waals surface area contributed by atoms with Gasteiger partial charge in [0.25, 0.3) is 0 Å². The number of hydrogen-bond acceptors (Lipinski definition) is 6. The van der Waals surface area contributed by atoms with Crippen LogP contribution in [0, 0.1) is 0 Å². The van der Waals surface area contributed by atoms with Crippen molar-refractivity contribution in [2.24, 2.45) is 0 Å². The number of hydrogen-bond donors (Lipinski definition) is 0. The van der Waals surface area contributed by atoms with Crippen molar-refractivity contribution in [1.82, 2.24) is 29.9 Å². The molecule has 0 saturated heterocycles. The van der Waals surface area contributed by atoms with E-state index < -0.39 is 0 Å². The first-order valence-corrected chi connectivity index (χ1v) is 23.8. The molecular formula is C66H48N6Os. The monoisotopic (exact) mass is 1120 g/mol. The maximum atomic E-state index is 4.51. The Kier molecular flexibility index (Phi) is 16.5. The number of benzene rings is 6. The molecule has 0 fully saturated rings. The third-order valence-electron chi connectivity index (χ3n) is 12.0. The van der Waals surface area contributed by atoms with Crippen LogP contribution < -0.4 is 0 Å². The smallest absolute Gasteiger partial charge is 0.0892 e. The van der Waals surface area contributed by atoms with Crippen LogP contribution in [0.2, 0.25) is 0 Å². The van der Waals surface area contributed by atoms with Crippen molar-refractivity contribution in [2.45, 2.75) is 0 Å². The fraction of sp³-hybridized carbons (Fsp3) is 0. The van der Waals surface area contributed by atoms with Crippen LogP contribution in [0.3, 0.4) is 0 Å². The van der Waals surface area contributed by atoms with Gasteiger partial charge in [-0.1, -0.05) is 182 Å². The van der Waals surface area contributed by atoms with E-state index in [1.54, 1.807) is 0 Å². The third kappa shape index (κ3) is 12.8. The van der Waals surface area contributed by atoms with Gasteiger partial charge in [0.05, 0.1) is 34.2 Å². The minimum Gasteiger partial charge on any atom is -0.255 e. The summed E-state index contributed by atoms with van der Waals surface area (Å²) in [6.07, 6.45) is 11.1. The maximum Gasteiger partial charge on any atom is 0.0892 e. The SMILES string of the molecule is [Os].c1ccc(-c2ccnc(-c3cc(-c4ccccc4)ccn3)c2)cc1.c1ccc(-c2ccnc(-c3cc(-c4ccccc4)ccn3)c2)cc1.c1ccc(-c2ccnc(-c3cc(-c4ccccc4)ccn3)c2)cc1. The summed E-state index contributed by atoms with van der Waals surface area (Å²) >= 11 is 0. The Balaban J connectivity index is 0.000000134. The molecule has 12 aromatic rings. The molecule has 6 aromatic carbocycles. The molecule has 0 radical (unpaired) electrons. The van der Waals surface area contributed by atoms with Gasteiger partial charge in [-0.15, -0.1) is 0 Å². The van der Waals surface area contributed by atoms with Crippen molar-refractivity contribution < 1.29 is 19.8 Å². The minimum absolute atomic E-state index is 0. The van der Waals surface area contributed by atoms with Crippen LogP contribution in [0.4, 0.5) is 0 Å². The van der Waals surface area contributed by atoms with E-state index in [-0.39, 0.29) is 19.8 Å². The van der Waals surface area contributed by atoms with Crippen molar-refractivity contribution in [1.29, 1.82) is 0 Å². The molecule has 0 N–H and O–H groups in total. The molecule has 6 aromatic heterocycles. The molecule has 0 aliphatic heterocycles. The van der Waals surface area contributed by atoms with Crippen LogP contribution in [0.1, 0.15) is 0 Å². The first kappa shape index (κ1) is 48.9. The number of aromatic nitrogens is 6. The molecule has 73 heavy (non-hydrogen) atoms. The summed E-state index contributed by atoms with van der Waals surface area (Å²) in [4.78, 5) is 27.0. The molecular weight excluding hydrogens is 1070 g/mol. The zero-order chi connectivity index (χ0) is 48.6. The molecule has 0 atom stereocenters. The summed E-state index contributed by atoms with van der Waals surface area (Å²) in [5.41, 5.74) is 19.3. The molecule has 7 heteroatoms. The molecule has 0 aliphatic rings. The Labute approximate surface area is 440 Å². The maximum absolute atomic E-state index is 4.51. The van der Waals surface area contributed by atoms with Crippen molar-refractivity contribution >= 4 is 0 Å². The predicted molar refractivity (Wildman–Crippen MR) is 295 cm³/mol. The van der Waals surface area contributed by atoms with E-state index >= 15 is 0 Å². The first-order chi connectivity index (χ1) is 35.7. The van der Waals surface area contributed by atoms with Crippen molar-refractivity contribution in [3.8, 4) is 101 Å². The number of rotatable bonds is 9. The topological polar surface area (TPSA) is 77.3 Å². The van der Waals surface area contributed by atoms with Gasteiger partial charge in [-0.25, -0.2) is 0 Å². The normalized spacial score (nSPS) is 10.4. The summed E-state index contributed by atoms with van der Waals surface area (Å²) in [5, 5.41) is 0. The number of pyridine rings is 6. The standard InChI is InChI=1S/3C22H16N2.Os/c3*1-3-7-17(8-4-1)19-11-13-23-21(15-19)22-16-20(12-14-24-22)18-9-5-2-6-10-18;/h3*1-16H;. The number of nitrogens with zero attached hydrogens (tertiary/aromatic N) is 6. The van der Waals surface area contributed by atoms with Gasteiger partial charge in [-0.2, -0.15) is 0 Å². The van der Waals surface area contributed by atoms with E-state index in [9.17, 15) is 0 Å². The molecule has 6 heterocycles. The zero-order valence-corrected chi connectivity index (χ0v) is 42.3. The second-order valence-electron chi connectivity index (χ2n) is 16.8. The van der Waals surface area contributed by atoms with Crippen LogP contribution in [0.25, 0.3) is 101 Å². The zero-order valence-electron chi connectivity index (χ0n) is 39.7. The van der Waals surface area contributed by atoms with Crippen molar-refractivity contribution in [2.75, 3.05) is 0 Å². The van der Waals surface area contributed by atoms with E-state index in [0.717, 1.165) is 67.5 Å². The average Bonchev–Trinajstić information content (AvgIpc) is 3.49. The summed E-state index contributed by atoms with van der Waals surface area (Å²) < 4.78 is 0. The minimum atomic E-state index is 0. The van der Waals surface area contributed by atoms with Crippen LogP contribution in [0.5, 0.6) is 0 Å². The van der Waals surface area contributed by atoms with Crippen molar-refractivity contribution in [3.63, 3.8) is 0 Å². The molecule has 0 unspecified atom stereocenters. The molecule has 0 saturated carbocycles. The Morgan fingerprint density at radius 2 is 0.288 bits per heavy atom. The molecule has 0 bridgehead atoms. The fourth-order valence-corrected chi connectivity index (χ4v) is 8.28. The van der Waals surface area contributed by atoms with E-state index in [1.807, 2.05) is 183 Å². The van der Waals surface area contributed by atoms with Gasteiger partial charge in [0.1, 0.15) is 0 Å².